The normalized spacial score (nSPS) is 58.0. The van der Waals surface area contributed by atoms with Crippen molar-refractivity contribution in [2.45, 2.75) is 77.7 Å². The lowest BCUT2D eigenvalue weighted by Gasteiger charge is -2.56. The molecule has 0 bridgehead atoms. The van der Waals surface area contributed by atoms with Crippen LogP contribution in [0.4, 0.5) is 0 Å². The number of hydrogen-bond acceptors (Lipinski definition) is 1. The van der Waals surface area contributed by atoms with Gasteiger partial charge in [0.05, 0.1) is 0 Å². The lowest BCUT2D eigenvalue weighted by atomic mass is 9.50. The first-order valence-corrected chi connectivity index (χ1v) is 9.33. The molecule has 0 heterocycles. The molecule has 0 aromatic heterocycles. The Hall–Kier alpha value is -0.300. The molecule has 0 amide bonds. The van der Waals surface area contributed by atoms with Crippen LogP contribution in [0.3, 0.4) is 0 Å². The second-order valence-corrected chi connectivity index (χ2v) is 9.36. The highest BCUT2D eigenvalue weighted by atomic mass is 14.8. The first-order valence-electron chi connectivity index (χ1n) is 9.33. The van der Waals surface area contributed by atoms with Gasteiger partial charge in [-0.1, -0.05) is 19.9 Å². The van der Waals surface area contributed by atoms with Crippen LogP contribution in [-0.4, -0.2) is 6.04 Å². The van der Waals surface area contributed by atoms with Crippen LogP contribution < -0.4 is 5.73 Å². The molecule has 1 spiro atoms. The van der Waals surface area contributed by atoms with Gasteiger partial charge in [0.25, 0.3) is 0 Å². The second kappa shape index (κ2) is 4.37. The number of allylic oxidation sites excluding steroid dienone is 1. The standard InChI is InChI=1S/C20H33N/c1-4-5-10-19(3)15-9-12-20-13-18(20,2)11-8-16(20)14(15)6-7-17(19)21/h4,14-17H,1,5-13,21H2,2-3H3. The van der Waals surface area contributed by atoms with Crippen molar-refractivity contribution in [3.63, 3.8) is 0 Å². The van der Waals surface area contributed by atoms with Crippen molar-refractivity contribution in [3.8, 4) is 0 Å². The molecule has 118 valence electrons. The van der Waals surface area contributed by atoms with Gasteiger partial charge in [-0.3, -0.25) is 0 Å². The third-order valence-electron chi connectivity index (χ3n) is 8.83. The molecule has 4 aliphatic rings. The fourth-order valence-electron chi connectivity index (χ4n) is 7.41. The Morgan fingerprint density at radius 2 is 1.86 bits per heavy atom. The molecule has 7 unspecified atom stereocenters. The first-order chi connectivity index (χ1) is 9.97. The molecule has 4 rings (SSSR count). The molecule has 21 heavy (non-hydrogen) atoms. The SMILES string of the molecule is C=CCCC1(C)C(N)CCC2C1CCC13CC1(C)CCC23. The van der Waals surface area contributed by atoms with E-state index in [1.54, 1.807) is 6.42 Å². The van der Waals surface area contributed by atoms with Crippen LogP contribution in [0, 0.1) is 34.0 Å². The highest BCUT2D eigenvalue weighted by Crippen LogP contribution is 2.82. The highest BCUT2D eigenvalue weighted by molar-refractivity contribution is 5.23. The topological polar surface area (TPSA) is 26.0 Å². The maximum absolute atomic E-state index is 6.63. The van der Waals surface area contributed by atoms with Crippen molar-refractivity contribution in [2.24, 2.45) is 39.7 Å². The molecule has 4 saturated carbocycles. The molecule has 4 fully saturated rings. The van der Waals surface area contributed by atoms with E-state index >= 15 is 0 Å². The number of nitrogens with two attached hydrogens (primary N) is 1. The summed E-state index contributed by atoms with van der Waals surface area (Å²) in [5, 5.41) is 0. The fourth-order valence-corrected chi connectivity index (χ4v) is 7.41. The van der Waals surface area contributed by atoms with Crippen LogP contribution in [-0.2, 0) is 0 Å². The van der Waals surface area contributed by atoms with Crippen LogP contribution in [0.25, 0.3) is 0 Å². The quantitative estimate of drug-likeness (QED) is 0.733. The van der Waals surface area contributed by atoms with Crippen molar-refractivity contribution >= 4 is 0 Å². The van der Waals surface area contributed by atoms with Crippen molar-refractivity contribution in [3.05, 3.63) is 12.7 Å². The Bertz CT molecular complexity index is 457. The number of hydrogen-bond donors (Lipinski definition) is 1. The lowest BCUT2D eigenvalue weighted by Crippen LogP contribution is -2.55. The number of rotatable bonds is 3. The molecule has 7 atom stereocenters. The molecule has 0 aromatic rings. The summed E-state index contributed by atoms with van der Waals surface area (Å²) in [6.07, 6.45) is 14.7. The minimum Gasteiger partial charge on any atom is -0.327 e. The molecule has 2 N–H and O–H groups in total. The Kier molecular flexibility index (Phi) is 2.98. The van der Waals surface area contributed by atoms with E-state index in [-0.39, 0.29) is 0 Å². The minimum atomic E-state index is 0.368. The van der Waals surface area contributed by atoms with Crippen LogP contribution >= 0.6 is 0 Å². The van der Waals surface area contributed by atoms with Gasteiger partial charge >= 0.3 is 0 Å². The fraction of sp³-hybridized carbons (Fsp3) is 0.900. The predicted molar refractivity (Wildman–Crippen MR) is 88.8 cm³/mol. The average Bonchev–Trinajstić information content (AvgIpc) is 2.94. The molecule has 0 aliphatic heterocycles. The Balaban J connectivity index is 1.62. The molecule has 4 aliphatic carbocycles. The van der Waals surface area contributed by atoms with Crippen molar-refractivity contribution in [1.82, 2.24) is 0 Å². The van der Waals surface area contributed by atoms with Gasteiger partial charge in [-0.25, -0.2) is 0 Å². The lowest BCUT2D eigenvalue weighted by molar-refractivity contribution is -0.0543. The van der Waals surface area contributed by atoms with Gasteiger partial charge in [0, 0.05) is 6.04 Å². The van der Waals surface area contributed by atoms with Gasteiger partial charge in [0.1, 0.15) is 0 Å². The molecule has 1 nitrogen and oxygen atoms in total. The Morgan fingerprint density at radius 3 is 2.57 bits per heavy atom. The maximum atomic E-state index is 6.63. The van der Waals surface area contributed by atoms with Crippen LogP contribution in [0.15, 0.2) is 12.7 Å². The minimum absolute atomic E-state index is 0.368. The molecular weight excluding hydrogens is 254 g/mol. The van der Waals surface area contributed by atoms with E-state index in [9.17, 15) is 0 Å². The second-order valence-electron chi connectivity index (χ2n) is 9.36. The van der Waals surface area contributed by atoms with Gasteiger partial charge in [-0.05, 0) is 91.8 Å². The van der Waals surface area contributed by atoms with E-state index in [1.807, 2.05) is 0 Å². The molecular formula is C20H33N. The Labute approximate surface area is 130 Å². The third kappa shape index (κ3) is 1.68. The zero-order chi connectivity index (χ0) is 14.9. The summed E-state index contributed by atoms with van der Waals surface area (Å²) >= 11 is 0. The summed E-state index contributed by atoms with van der Waals surface area (Å²) in [7, 11) is 0. The van der Waals surface area contributed by atoms with Gasteiger partial charge in [0.15, 0.2) is 0 Å². The van der Waals surface area contributed by atoms with Crippen molar-refractivity contribution in [2.75, 3.05) is 0 Å². The molecule has 0 aromatic carbocycles. The summed E-state index contributed by atoms with van der Waals surface area (Å²) in [5.41, 5.74) is 8.51. The van der Waals surface area contributed by atoms with E-state index in [4.69, 9.17) is 5.73 Å². The number of fused-ring (bicyclic) bond motifs is 2. The summed E-state index contributed by atoms with van der Waals surface area (Å²) < 4.78 is 0. The average molecular weight is 287 g/mol. The van der Waals surface area contributed by atoms with E-state index < -0.39 is 0 Å². The van der Waals surface area contributed by atoms with Gasteiger partial charge in [-0.15, -0.1) is 6.58 Å². The summed E-state index contributed by atoms with van der Waals surface area (Å²) in [6, 6.07) is 0.416. The highest BCUT2D eigenvalue weighted by Gasteiger charge is 2.74. The summed E-state index contributed by atoms with van der Waals surface area (Å²) in [6.45, 7) is 9.04. The van der Waals surface area contributed by atoms with Crippen LogP contribution in [0.5, 0.6) is 0 Å². The first kappa shape index (κ1) is 14.3. The summed E-state index contributed by atoms with van der Waals surface area (Å²) in [5.74, 6) is 2.91. The molecule has 0 saturated heterocycles. The van der Waals surface area contributed by atoms with E-state index in [0.29, 0.717) is 11.5 Å². The summed E-state index contributed by atoms with van der Waals surface area (Å²) in [4.78, 5) is 0. The van der Waals surface area contributed by atoms with Crippen molar-refractivity contribution in [1.29, 1.82) is 0 Å². The zero-order valence-corrected chi connectivity index (χ0v) is 14.0. The maximum Gasteiger partial charge on any atom is 0.00958 e. The molecule has 0 radical (unpaired) electrons. The van der Waals surface area contributed by atoms with Gasteiger partial charge < -0.3 is 5.73 Å². The zero-order valence-electron chi connectivity index (χ0n) is 14.0. The van der Waals surface area contributed by atoms with Crippen LogP contribution in [0.1, 0.15) is 71.6 Å². The van der Waals surface area contributed by atoms with E-state index in [0.717, 1.165) is 35.0 Å². The van der Waals surface area contributed by atoms with Gasteiger partial charge in [0.2, 0.25) is 0 Å². The monoisotopic (exact) mass is 287 g/mol. The van der Waals surface area contributed by atoms with Gasteiger partial charge in [-0.2, -0.15) is 0 Å². The Morgan fingerprint density at radius 1 is 1.10 bits per heavy atom. The third-order valence-corrected chi connectivity index (χ3v) is 8.83. The molecule has 1 heteroatoms. The van der Waals surface area contributed by atoms with Crippen LogP contribution in [0.2, 0.25) is 0 Å². The largest absolute Gasteiger partial charge is 0.327 e. The predicted octanol–water partition coefficient (Wildman–Crippen LogP) is 4.91. The smallest absolute Gasteiger partial charge is 0.00958 e. The van der Waals surface area contributed by atoms with Crippen molar-refractivity contribution < 1.29 is 0 Å². The van der Waals surface area contributed by atoms with E-state index in [2.05, 4.69) is 26.5 Å². The van der Waals surface area contributed by atoms with E-state index in [1.165, 1.54) is 44.9 Å².